The van der Waals surface area contributed by atoms with Gasteiger partial charge in [0.15, 0.2) is 5.96 Å². The summed E-state index contributed by atoms with van der Waals surface area (Å²) >= 11 is 0. The number of hydrogen-bond donors (Lipinski definition) is 2. The molecule has 0 saturated carbocycles. The minimum Gasteiger partial charge on any atom is -0.356 e. The van der Waals surface area contributed by atoms with Gasteiger partial charge in [-0.15, -0.1) is 10.2 Å². The lowest BCUT2D eigenvalue weighted by atomic mass is 10.1. The van der Waals surface area contributed by atoms with Crippen molar-refractivity contribution in [3.05, 3.63) is 60.2 Å². The van der Waals surface area contributed by atoms with Gasteiger partial charge in [0, 0.05) is 33.1 Å². The van der Waals surface area contributed by atoms with Crippen LogP contribution in [-0.2, 0) is 19.4 Å². The van der Waals surface area contributed by atoms with Crippen LogP contribution in [0.2, 0.25) is 0 Å². The number of aryl methyl sites for hydroxylation is 1. The second-order valence-corrected chi connectivity index (χ2v) is 6.15. The fourth-order valence-corrected chi connectivity index (χ4v) is 2.97. The Bertz CT molecular complexity index is 867. The minimum atomic E-state index is 0.778. The number of benzene rings is 2. The molecule has 0 aliphatic carbocycles. The van der Waals surface area contributed by atoms with Crippen LogP contribution < -0.4 is 10.6 Å². The molecule has 0 amide bonds. The summed E-state index contributed by atoms with van der Waals surface area (Å²) in [6.07, 6.45) is 3.62. The number of aromatic nitrogens is 3. The number of aliphatic imine (C=N–C) groups is 1. The van der Waals surface area contributed by atoms with Crippen LogP contribution in [0.3, 0.4) is 0 Å². The Morgan fingerprint density at radius 1 is 1.08 bits per heavy atom. The van der Waals surface area contributed by atoms with E-state index in [1.54, 1.807) is 13.4 Å². The molecule has 6 heteroatoms. The number of nitrogens with one attached hydrogen (secondary N) is 2. The topological polar surface area (TPSA) is 67.1 Å². The molecule has 2 N–H and O–H groups in total. The van der Waals surface area contributed by atoms with Crippen molar-refractivity contribution in [3.8, 4) is 0 Å². The van der Waals surface area contributed by atoms with Crippen molar-refractivity contribution in [2.75, 3.05) is 20.1 Å². The minimum absolute atomic E-state index is 0.778. The Balaban J connectivity index is 1.44. The Kier molecular flexibility index (Phi) is 6.19. The van der Waals surface area contributed by atoms with Gasteiger partial charge in [-0.2, -0.15) is 0 Å². The molecular weight excluding hydrogens is 324 g/mol. The van der Waals surface area contributed by atoms with Crippen molar-refractivity contribution in [3.63, 3.8) is 0 Å². The van der Waals surface area contributed by atoms with E-state index in [9.17, 15) is 0 Å². The number of hydrogen-bond acceptors (Lipinski definition) is 3. The van der Waals surface area contributed by atoms with Crippen molar-refractivity contribution < 1.29 is 0 Å². The van der Waals surface area contributed by atoms with E-state index in [0.29, 0.717) is 0 Å². The van der Waals surface area contributed by atoms with Gasteiger partial charge in [-0.25, -0.2) is 0 Å². The second-order valence-electron chi connectivity index (χ2n) is 6.15. The Morgan fingerprint density at radius 3 is 2.69 bits per heavy atom. The molecule has 0 bridgehead atoms. The molecule has 1 aromatic heterocycles. The van der Waals surface area contributed by atoms with Gasteiger partial charge in [0.05, 0.1) is 0 Å². The summed E-state index contributed by atoms with van der Waals surface area (Å²) in [7, 11) is 1.79. The lowest BCUT2D eigenvalue weighted by Crippen LogP contribution is -2.39. The summed E-state index contributed by atoms with van der Waals surface area (Å²) in [6.45, 7) is 4.52. The zero-order valence-corrected chi connectivity index (χ0v) is 15.4. The molecule has 6 nitrogen and oxygen atoms in total. The van der Waals surface area contributed by atoms with E-state index in [1.165, 1.54) is 16.3 Å². The highest BCUT2D eigenvalue weighted by Crippen LogP contribution is 2.15. The molecule has 2 aromatic carbocycles. The summed E-state index contributed by atoms with van der Waals surface area (Å²) in [5, 5.41) is 17.3. The zero-order chi connectivity index (χ0) is 18.2. The second kappa shape index (κ2) is 8.99. The van der Waals surface area contributed by atoms with Crippen molar-refractivity contribution >= 4 is 16.7 Å². The third kappa shape index (κ3) is 4.59. The molecular formula is C20H26N6. The molecule has 3 aromatic rings. The molecule has 26 heavy (non-hydrogen) atoms. The van der Waals surface area contributed by atoms with Gasteiger partial charge in [-0.05, 0) is 22.8 Å². The monoisotopic (exact) mass is 350 g/mol. The van der Waals surface area contributed by atoms with Crippen LogP contribution in [0.25, 0.3) is 10.8 Å². The van der Waals surface area contributed by atoms with Crippen molar-refractivity contribution in [1.82, 2.24) is 25.4 Å². The fraction of sp³-hybridized carbons (Fsp3) is 0.350. The van der Waals surface area contributed by atoms with Crippen molar-refractivity contribution in [2.24, 2.45) is 4.99 Å². The third-order valence-electron chi connectivity index (χ3n) is 4.40. The molecule has 1 heterocycles. The van der Waals surface area contributed by atoms with Crippen LogP contribution in [0.4, 0.5) is 0 Å². The van der Waals surface area contributed by atoms with Gasteiger partial charge in [0.1, 0.15) is 12.2 Å². The first-order valence-electron chi connectivity index (χ1n) is 9.09. The maximum atomic E-state index is 4.28. The summed E-state index contributed by atoms with van der Waals surface area (Å²) in [5.74, 6) is 1.82. The molecule has 136 valence electrons. The predicted molar refractivity (Wildman–Crippen MR) is 106 cm³/mol. The molecule has 0 unspecified atom stereocenters. The van der Waals surface area contributed by atoms with Crippen LogP contribution in [0.1, 0.15) is 18.3 Å². The largest absolute Gasteiger partial charge is 0.356 e. The molecule has 0 saturated heterocycles. The Morgan fingerprint density at radius 2 is 1.88 bits per heavy atom. The quantitative estimate of drug-likeness (QED) is 0.507. The molecule has 0 aliphatic rings. The van der Waals surface area contributed by atoms with E-state index in [0.717, 1.165) is 44.3 Å². The first kappa shape index (κ1) is 17.9. The first-order valence-corrected chi connectivity index (χ1v) is 9.09. The highest BCUT2D eigenvalue weighted by Gasteiger charge is 2.02. The molecule has 0 radical (unpaired) electrons. The smallest absolute Gasteiger partial charge is 0.191 e. The van der Waals surface area contributed by atoms with Crippen LogP contribution in [0.15, 0.2) is 53.8 Å². The Hall–Kier alpha value is -2.89. The zero-order valence-electron chi connectivity index (χ0n) is 15.4. The van der Waals surface area contributed by atoms with Crippen molar-refractivity contribution in [2.45, 2.75) is 26.3 Å². The first-order chi connectivity index (χ1) is 12.8. The fourth-order valence-electron chi connectivity index (χ4n) is 2.97. The standard InChI is InChI=1S/C20H26N6/c1-3-19-25-24-15-26(19)13-12-23-20(21-2)22-11-10-16-8-9-17-6-4-5-7-18(17)14-16/h4-9,14-15H,3,10-13H2,1-2H3,(H2,21,22,23). The van der Waals surface area contributed by atoms with E-state index < -0.39 is 0 Å². The molecule has 0 aliphatic heterocycles. The van der Waals surface area contributed by atoms with Gasteiger partial charge >= 0.3 is 0 Å². The van der Waals surface area contributed by atoms with Gasteiger partial charge in [-0.1, -0.05) is 49.4 Å². The van der Waals surface area contributed by atoms with E-state index >= 15 is 0 Å². The highest BCUT2D eigenvalue weighted by atomic mass is 15.3. The van der Waals surface area contributed by atoms with E-state index in [2.05, 4.69) is 79.8 Å². The number of guanidine groups is 1. The van der Waals surface area contributed by atoms with E-state index in [1.807, 2.05) is 0 Å². The lowest BCUT2D eigenvalue weighted by Gasteiger charge is -2.13. The summed E-state index contributed by atoms with van der Waals surface area (Å²) < 4.78 is 2.06. The summed E-state index contributed by atoms with van der Waals surface area (Å²) in [5.41, 5.74) is 1.32. The maximum Gasteiger partial charge on any atom is 0.191 e. The summed E-state index contributed by atoms with van der Waals surface area (Å²) in [4.78, 5) is 4.28. The molecule has 0 atom stereocenters. The number of rotatable bonds is 7. The lowest BCUT2D eigenvalue weighted by molar-refractivity contribution is 0.632. The maximum absolute atomic E-state index is 4.28. The van der Waals surface area contributed by atoms with Crippen LogP contribution in [0, 0.1) is 0 Å². The Labute approximate surface area is 154 Å². The van der Waals surface area contributed by atoms with E-state index in [-0.39, 0.29) is 0 Å². The molecule has 0 spiro atoms. The van der Waals surface area contributed by atoms with Gasteiger partial charge in [-0.3, -0.25) is 4.99 Å². The van der Waals surface area contributed by atoms with Gasteiger partial charge in [0.25, 0.3) is 0 Å². The molecule has 0 fully saturated rings. The van der Waals surface area contributed by atoms with Crippen LogP contribution in [-0.4, -0.2) is 40.9 Å². The van der Waals surface area contributed by atoms with Gasteiger partial charge in [0.2, 0.25) is 0 Å². The number of fused-ring (bicyclic) bond motifs is 1. The number of nitrogens with zero attached hydrogens (tertiary/aromatic N) is 4. The van der Waals surface area contributed by atoms with E-state index in [4.69, 9.17) is 0 Å². The van der Waals surface area contributed by atoms with Crippen molar-refractivity contribution in [1.29, 1.82) is 0 Å². The third-order valence-corrected chi connectivity index (χ3v) is 4.40. The van der Waals surface area contributed by atoms with Gasteiger partial charge < -0.3 is 15.2 Å². The normalized spacial score (nSPS) is 11.7. The molecule has 3 rings (SSSR count). The SMILES string of the molecule is CCc1nncn1CCNC(=NC)NCCc1ccc2ccccc2c1. The predicted octanol–water partition coefficient (Wildman–Crippen LogP) is 2.40. The summed E-state index contributed by atoms with van der Waals surface area (Å²) in [6, 6.07) is 15.1. The highest BCUT2D eigenvalue weighted by molar-refractivity contribution is 5.83. The van der Waals surface area contributed by atoms with Crippen LogP contribution >= 0.6 is 0 Å². The van der Waals surface area contributed by atoms with Crippen LogP contribution in [0.5, 0.6) is 0 Å². The average molecular weight is 350 g/mol. The average Bonchev–Trinajstić information content (AvgIpc) is 3.14.